The second-order valence-electron chi connectivity index (χ2n) is 5.87. The lowest BCUT2D eigenvalue weighted by Gasteiger charge is -2.27. The summed E-state index contributed by atoms with van der Waals surface area (Å²) in [6.45, 7) is 14.0. The van der Waals surface area contributed by atoms with Crippen molar-refractivity contribution in [3.63, 3.8) is 0 Å². The molecule has 0 spiro atoms. The van der Waals surface area contributed by atoms with Gasteiger partial charge in [-0.1, -0.05) is 58.0 Å². The van der Waals surface area contributed by atoms with Crippen molar-refractivity contribution in [3.8, 4) is 0 Å². The van der Waals surface area contributed by atoms with Crippen molar-refractivity contribution in [2.24, 2.45) is 0 Å². The van der Waals surface area contributed by atoms with Crippen LogP contribution in [0.25, 0.3) is 0 Å². The zero-order valence-corrected chi connectivity index (χ0v) is 12.3. The third-order valence-corrected chi connectivity index (χ3v) is 3.19. The van der Waals surface area contributed by atoms with Crippen LogP contribution in [-0.2, 0) is 5.41 Å². The van der Waals surface area contributed by atoms with E-state index in [1.165, 1.54) is 11.1 Å². The molecule has 0 heterocycles. The highest BCUT2D eigenvalue weighted by Crippen LogP contribution is 2.31. The molecular formula is C17H27N. The zero-order valence-electron chi connectivity index (χ0n) is 12.3. The van der Waals surface area contributed by atoms with Gasteiger partial charge in [0.15, 0.2) is 0 Å². The van der Waals surface area contributed by atoms with E-state index in [9.17, 15) is 0 Å². The summed E-state index contributed by atoms with van der Waals surface area (Å²) in [5.41, 5.74) is 3.03. The van der Waals surface area contributed by atoms with Crippen LogP contribution in [-0.4, -0.2) is 6.54 Å². The normalized spacial score (nSPS) is 13.3. The molecule has 0 aliphatic heterocycles. The Labute approximate surface area is 112 Å². The fraction of sp³-hybridized carbons (Fsp3) is 0.529. The Kier molecular flexibility index (Phi) is 5.61. The van der Waals surface area contributed by atoms with Gasteiger partial charge in [0, 0.05) is 6.04 Å². The van der Waals surface area contributed by atoms with Crippen LogP contribution >= 0.6 is 0 Å². The quantitative estimate of drug-likeness (QED) is 0.722. The first-order valence-electron chi connectivity index (χ1n) is 6.94. The SMILES string of the molecule is C=CCC(NCCC)c1ccccc1C(C)(C)C. The van der Waals surface area contributed by atoms with E-state index in [2.05, 4.69) is 63.9 Å². The Balaban J connectivity index is 3.06. The van der Waals surface area contributed by atoms with Gasteiger partial charge in [-0.2, -0.15) is 0 Å². The molecule has 0 aliphatic rings. The van der Waals surface area contributed by atoms with Crippen molar-refractivity contribution in [1.29, 1.82) is 0 Å². The van der Waals surface area contributed by atoms with Crippen molar-refractivity contribution in [2.75, 3.05) is 6.54 Å². The maximum absolute atomic E-state index is 3.89. The lowest BCUT2D eigenvalue weighted by molar-refractivity contribution is 0.510. The van der Waals surface area contributed by atoms with Gasteiger partial charge in [-0.25, -0.2) is 0 Å². The van der Waals surface area contributed by atoms with Gasteiger partial charge in [0.1, 0.15) is 0 Å². The van der Waals surface area contributed by atoms with Crippen LogP contribution in [0.5, 0.6) is 0 Å². The predicted octanol–water partition coefficient (Wildman–Crippen LogP) is 4.60. The molecule has 18 heavy (non-hydrogen) atoms. The summed E-state index contributed by atoms with van der Waals surface area (Å²) in [7, 11) is 0. The third-order valence-electron chi connectivity index (χ3n) is 3.19. The van der Waals surface area contributed by atoms with E-state index in [0.29, 0.717) is 6.04 Å². The van der Waals surface area contributed by atoms with E-state index in [1.54, 1.807) is 0 Å². The highest BCUT2D eigenvalue weighted by atomic mass is 14.9. The Bertz CT molecular complexity index is 373. The van der Waals surface area contributed by atoms with E-state index >= 15 is 0 Å². The molecular weight excluding hydrogens is 218 g/mol. The number of hydrogen-bond acceptors (Lipinski definition) is 1. The highest BCUT2D eigenvalue weighted by molar-refractivity contribution is 5.35. The molecule has 1 nitrogen and oxygen atoms in total. The number of hydrogen-bond donors (Lipinski definition) is 1. The molecule has 1 heteroatoms. The van der Waals surface area contributed by atoms with Crippen LogP contribution in [0.3, 0.4) is 0 Å². The summed E-state index contributed by atoms with van der Waals surface area (Å²) in [4.78, 5) is 0. The third kappa shape index (κ3) is 3.99. The molecule has 0 saturated heterocycles. The number of benzene rings is 1. The second kappa shape index (κ2) is 6.75. The number of rotatable bonds is 6. The molecule has 1 unspecified atom stereocenters. The maximum atomic E-state index is 3.89. The van der Waals surface area contributed by atoms with Gasteiger partial charge in [0.05, 0.1) is 0 Å². The van der Waals surface area contributed by atoms with E-state index in [1.807, 2.05) is 6.08 Å². The summed E-state index contributed by atoms with van der Waals surface area (Å²) < 4.78 is 0. The first kappa shape index (κ1) is 15.0. The fourth-order valence-corrected chi connectivity index (χ4v) is 2.29. The average Bonchev–Trinajstić information content (AvgIpc) is 2.33. The maximum Gasteiger partial charge on any atom is 0.0357 e. The molecule has 1 rings (SSSR count). The first-order chi connectivity index (χ1) is 8.50. The van der Waals surface area contributed by atoms with Crippen molar-refractivity contribution in [3.05, 3.63) is 48.0 Å². The Morgan fingerprint density at radius 1 is 1.28 bits per heavy atom. The van der Waals surface area contributed by atoms with Crippen LogP contribution < -0.4 is 5.32 Å². The Hall–Kier alpha value is -1.08. The van der Waals surface area contributed by atoms with E-state index in [0.717, 1.165) is 19.4 Å². The van der Waals surface area contributed by atoms with Gasteiger partial charge >= 0.3 is 0 Å². The molecule has 0 bridgehead atoms. The Morgan fingerprint density at radius 2 is 1.94 bits per heavy atom. The van der Waals surface area contributed by atoms with Gasteiger partial charge in [-0.15, -0.1) is 6.58 Å². The smallest absolute Gasteiger partial charge is 0.0357 e. The monoisotopic (exact) mass is 245 g/mol. The fourth-order valence-electron chi connectivity index (χ4n) is 2.29. The minimum atomic E-state index is 0.184. The van der Waals surface area contributed by atoms with E-state index in [-0.39, 0.29) is 5.41 Å². The zero-order chi connectivity index (χ0) is 13.6. The van der Waals surface area contributed by atoms with Gasteiger partial charge in [-0.3, -0.25) is 0 Å². The average molecular weight is 245 g/mol. The van der Waals surface area contributed by atoms with Crippen LogP contribution in [0.4, 0.5) is 0 Å². The summed E-state index contributed by atoms with van der Waals surface area (Å²) >= 11 is 0. The van der Waals surface area contributed by atoms with E-state index in [4.69, 9.17) is 0 Å². The molecule has 100 valence electrons. The molecule has 0 aliphatic carbocycles. The Morgan fingerprint density at radius 3 is 2.50 bits per heavy atom. The molecule has 1 aromatic rings. The molecule has 0 amide bonds. The van der Waals surface area contributed by atoms with Gasteiger partial charge in [0.2, 0.25) is 0 Å². The largest absolute Gasteiger partial charge is 0.310 e. The lowest BCUT2D eigenvalue weighted by Crippen LogP contribution is -2.25. The van der Waals surface area contributed by atoms with Crippen molar-refractivity contribution >= 4 is 0 Å². The molecule has 0 radical (unpaired) electrons. The second-order valence-corrected chi connectivity index (χ2v) is 5.87. The van der Waals surface area contributed by atoms with Crippen LogP contribution in [0.2, 0.25) is 0 Å². The predicted molar refractivity (Wildman–Crippen MR) is 81.0 cm³/mol. The van der Waals surface area contributed by atoms with Gasteiger partial charge in [0.25, 0.3) is 0 Å². The molecule has 1 atom stereocenters. The van der Waals surface area contributed by atoms with Crippen molar-refractivity contribution in [2.45, 2.75) is 52.0 Å². The minimum Gasteiger partial charge on any atom is -0.310 e. The molecule has 0 aromatic heterocycles. The molecule has 0 fully saturated rings. The van der Waals surface area contributed by atoms with Gasteiger partial charge < -0.3 is 5.32 Å². The minimum absolute atomic E-state index is 0.184. The molecule has 1 N–H and O–H groups in total. The van der Waals surface area contributed by atoms with Gasteiger partial charge in [-0.05, 0) is 35.9 Å². The topological polar surface area (TPSA) is 12.0 Å². The number of nitrogens with one attached hydrogen (secondary N) is 1. The summed E-state index contributed by atoms with van der Waals surface area (Å²) in [5.74, 6) is 0. The highest BCUT2D eigenvalue weighted by Gasteiger charge is 2.21. The summed E-state index contributed by atoms with van der Waals surface area (Å²) in [6, 6.07) is 9.15. The van der Waals surface area contributed by atoms with E-state index < -0.39 is 0 Å². The standard InChI is InChI=1S/C17H27N/c1-6-10-16(18-13-7-2)14-11-8-9-12-15(14)17(3,4)5/h6,8-9,11-12,16,18H,1,7,10,13H2,2-5H3. The first-order valence-corrected chi connectivity index (χ1v) is 6.94. The molecule has 1 aromatic carbocycles. The summed E-state index contributed by atoms with van der Waals surface area (Å²) in [5, 5.41) is 3.63. The van der Waals surface area contributed by atoms with Crippen LogP contribution in [0, 0.1) is 0 Å². The summed E-state index contributed by atoms with van der Waals surface area (Å²) in [6.07, 6.45) is 4.14. The van der Waals surface area contributed by atoms with Crippen LogP contribution in [0.1, 0.15) is 57.7 Å². The van der Waals surface area contributed by atoms with Crippen molar-refractivity contribution in [1.82, 2.24) is 5.32 Å². The lowest BCUT2D eigenvalue weighted by atomic mass is 9.81. The van der Waals surface area contributed by atoms with Crippen molar-refractivity contribution < 1.29 is 0 Å². The van der Waals surface area contributed by atoms with Crippen LogP contribution in [0.15, 0.2) is 36.9 Å². The molecule has 0 saturated carbocycles.